The molecule has 2 rings (SSSR count). The molecular weight excluding hydrogens is 320 g/mol. The van der Waals surface area contributed by atoms with Crippen LogP contribution in [0.1, 0.15) is 30.3 Å². The maximum absolute atomic E-state index is 12.0. The molecule has 0 saturated carbocycles. The third kappa shape index (κ3) is 4.22. The maximum Gasteiger partial charge on any atom is 0.315 e. The van der Waals surface area contributed by atoms with E-state index in [4.69, 9.17) is 11.6 Å². The lowest BCUT2D eigenvalue weighted by Gasteiger charge is -2.23. The van der Waals surface area contributed by atoms with Crippen LogP contribution in [0.5, 0.6) is 0 Å². The standard InChI is InChI=1S/C16H19ClN2O2S/c1-11(12-6-3-4-7-13(12)17)19-15(20)18-10-16(2,21)14-8-5-9-22-14/h3-9,11,21H,10H2,1-2H3,(H2,18,19,20). The normalized spacial score (nSPS) is 14.9. The number of carbonyl (C=O) groups excluding carboxylic acids is 1. The number of thiophene rings is 1. The highest BCUT2D eigenvalue weighted by molar-refractivity contribution is 7.10. The summed E-state index contributed by atoms with van der Waals surface area (Å²) in [6.07, 6.45) is 0. The molecule has 6 heteroatoms. The average Bonchev–Trinajstić information content (AvgIpc) is 3.00. The zero-order valence-electron chi connectivity index (χ0n) is 12.5. The molecule has 0 aliphatic rings. The number of rotatable bonds is 5. The van der Waals surface area contributed by atoms with Crippen LogP contribution in [-0.4, -0.2) is 17.7 Å². The van der Waals surface area contributed by atoms with Gasteiger partial charge in [0.15, 0.2) is 0 Å². The van der Waals surface area contributed by atoms with Crippen molar-refractivity contribution in [2.75, 3.05) is 6.54 Å². The predicted molar refractivity (Wildman–Crippen MR) is 90.3 cm³/mol. The molecule has 2 aromatic rings. The van der Waals surface area contributed by atoms with E-state index in [9.17, 15) is 9.90 Å². The highest BCUT2D eigenvalue weighted by Gasteiger charge is 2.25. The van der Waals surface area contributed by atoms with Gasteiger partial charge in [-0.15, -0.1) is 11.3 Å². The molecule has 22 heavy (non-hydrogen) atoms. The van der Waals surface area contributed by atoms with Gasteiger partial charge in [-0.25, -0.2) is 4.79 Å². The summed E-state index contributed by atoms with van der Waals surface area (Å²) >= 11 is 7.56. The summed E-state index contributed by atoms with van der Waals surface area (Å²) in [5.74, 6) is 0. The van der Waals surface area contributed by atoms with Crippen molar-refractivity contribution in [2.24, 2.45) is 0 Å². The Kier molecular flexibility index (Phi) is 5.45. The average molecular weight is 339 g/mol. The van der Waals surface area contributed by atoms with E-state index in [2.05, 4.69) is 10.6 Å². The monoisotopic (exact) mass is 338 g/mol. The number of carbonyl (C=O) groups is 1. The molecule has 1 aromatic heterocycles. The van der Waals surface area contributed by atoms with E-state index < -0.39 is 5.60 Å². The first-order valence-electron chi connectivity index (χ1n) is 6.95. The van der Waals surface area contributed by atoms with Crippen LogP contribution < -0.4 is 10.6 Å². The van der Waals surface area contributed by atoms with E-state index in [1.807, 2.05) is 42.6 Å². The highest BCUT2D eigenvalue weighted by Crippen LogP contribution is 2.24. The fourth-order valence-electron chi connectivity index (χ4n) is 2.08. The molecule has 2 atom stereocenters. The molecule has 0 bridgehead atoms. The van der Waals surface area contributed by atoms with E-state index in [0.717, 1.165) is 10.4 Å². The molecule has 2 unspecified atom stereocenters. The molecule has 118 valence electrons. The Morgan fingerprint density at radius 2 is 2.09 bits per heavy atom. The van der Waals surface area contributed by atoms with Crippen molar-refractivity contribution in [3.05, 3.63) is 57.2 Å². The molecule has 0 radical (unpaired) electrons. The molecule has 0 saturated heterocycles. The van der Waals surface area contributed by atoms with Crippen LogP contribution in [0.2, 0.25) is 5.02 Å². The number of nitrogens with one attached hydrogen (secondary N) is 2. The lowest BCUT2D eigenvalue weighted by molar-refractivity contribution is 0.0630. The fourth-order valence-corrected chi connectivity index (χ4v) is 3.16. The smallest absolute Gasteiger partial charge is 0.315 e. The number of hydrogen-bond acceptors (Lipinski definition) is 3. The summed E-state index contributed by atoms with van der Waals surface area (Å²) < 4.78 is 0. The van der Waals surface area contributed by atoms with E-state index in [1.165, 1.54) is 11.3 Å². The Morgan fingerprint density at radius 3 is 2.73 bits per heavy atom. The van der Waals surface area contributed by atoms with E-state index >= 15 is 0 Å². The molecule has 4 nitrogen and oxygen atoms in total. The van der Waals surface area contributed by atoms with Gasteiger partial charge >= 0.3 is 6.03 Å². The number of hydrogen-bond donors (Lipinski definition) is 3. The Hall–Kier alpha value is -1.56. The molecule has 1 aromatic carbocycles. The summed E-state index contributed by atoms with van der Waals surface area (Å²) in [7, 11) is 0. The number of benzene rings is 1. The minimum Gasteiger partial charge on any atom is -0.383 e. The molecule has 2 amide bonds. The Bertz CT molecular complexity index is 629. The van der Waals surface area contributed by atoms with Crippen LogP contribution in [-0.2, 0) is 5.60 Å². The van der Waals surface area contributed by atoms with Gasteiger partial charge in [0, 0.05) is 9.90 Å². The Labute approximate surface area is 139 Å². The first-order chi connectivity index (χ1) is 10.4. The first kappa shape index (κ1) is 16.8. The summed E-state index contributed by atoms with van der Waals surface area (Å²) in [4.78, 5) is 12.8. The number of aliphatic hydroxyl groups is 1. The van der Waals surface area contributed by atoms with Gasteiger partial charge < -0.3 is 15.7 Å². The zero-order chi connectivity index (χ0) is 16.2. The maximum atomic E-state index is 12.0. The van der Waals surface area contributed by atoms with Crippen molar-refractivity contribution in [1.29, 1.82) is 0 Å². The predicted octanol–water partition coefficient (Wildman–Crippen LogP) is 3.67. The van der Waals surface area contributed by atoms with E-state index in [-0.39, 0.29) is 18.6 Å². The summed E-state index contributed by atoms with van der Waals surface area (Å²) in [6, 6.07) is 10.5. The van der Waals surface area contributed by atoms with Gasteiger partial charge in [-0.1, -0.05) is 35.9 Å². The van der Waals surface area contributed by atoms with Crippen molar-refractivity contribution in [2.45, 2.75) is 25.5 Å². The van der Waals surface area contributed by atoms with Crippen molar-refractivity contribution < 1.29 is 9.90 Å². The van der Waals surface area contributed by atoms with Gasteiger partial charge in [0.1, 0.15) is 5.60 Å². The van der Waals surface area contributed by atoms with Gasteiger partial charge in [-0.05, 0) is 36.9 Å². The summed E-state index contributed by atoms with van der Waals surface area (Å²) in [5, 5.41) is 18.4. The minimum atomic E-state index is -1.08. The van der Waals surface area contributed by atoms with Crippen molar-refractivity contribution in [1.82, 2.24) is 10.6 Å². The second kappa shape index (κ2) is 7.13. The Morgan fingerprint density at radius 1 is 1.36 bits per heavy atom. The second-order valence-corrected chi connectivity index (χ2v) is 6.68. The summed E-state index contributed by atoms with van der Waals surface area (Å²) in [6.45, 7) is 3.67. The van der Waals surface area contributed by atoms with Crippen molar-refractivity contribution >= 4 is 29.0 Å². The lowest BCUT2D eigenvalue weighted by atomic mass is 10.1. The third-order valence-corrected chi connectivity index (χ3v) is 4.83. The quantitative estimate of drug-likeness (QED) is 0.779. The van der Waals surface area contributed by atoms with Crippen LogP contribution in [0.15, 0.2) is 41.8 Å². The summed E-state index contributed by atoms with van der Waals surface area (Å²) in [5.41, 5.74) is -0.233. The van der Waals surface area contributed by atoms with Crippen LogP contribution in [0.4, 0.5) is 4.79 Å². The van der Waals surface area contributed by atoms with Gasteiger partial charge in [0.2, 0.25) is 0 Å². The zero-order valence-corrected chi connectivity index (χ0v) is 14.0. The molecule has 0 spiro atoms. The SMILES string of the molecule is CC(NC(=O)NCC(C)(O)c1cccs1)c1ccccc1Cl. The molecule has 0 fully saturated rings. The topological polar surface area (TPSA) is 61.4 Å². The Balaban J connectivity index is 1.89. The van der Waals surface area contributed by atoms with Crippen LogP contribution in [0.3, 0.4) is 0 Å². The second-order valence-electron chi connectivity index (χ2n) is 5.32. The number of halogens is 1. The minimum absolute atomic E-state index is 0.134. The van der Waals surface area contributed by atoms with Gasteiger partial charge in [-0.2, -0.15) is 0 Å². The van der Waals surface area contributed by atoms with Crippen molar-refractivity contribution in [3.8, 4) is 0 Å². The number of urea groups is 1. The van der Waals surface area contributed by atoms with Crippen LogP contribution >= 0.6 is 22.9 Å². The van der Waals surface area contributed by atoms with Crippen LogP contribution in [0.25, 0.3) is 0 Å². The molecule has 0 aliphatic carbocycles. The van der Waals surface area contributed by atoms with E-state index in [1.54, 1.807) is 13.0 Å². The molecular formula is C16H19ClN2O2S. The molecule has 1 heterocycles. The van der Waals surface area contributed by atoms with Crippen LogP contribution in [0, 0.1) is 0 Å². The van der Waals surface area contributed by atoms with Gasteiger partial charge in [-0.3, -0.25) is 0 Å². The van der Waals surface area contributed by atoms with E-state index in [0.29, 0.717) is 5.02 Å². The third-order valence-electron chi connectivity index (χ3n) is 3.36. The highest BCUT2D eigenvalue weighted by atomic mass is 35.5. The lowest BCUT2D eigenvalue weighted by Crippen LogP contribution is -2.43. The van der Waals surface area contributed by atoms with Gasteiger partial charge in [0.25, 0.3) is 0 Å². The van der Waals surface area contributed by atoms with Crippen molar-refractivity contribution in [3.63, 3.8) is 0 Å². The molecule has 0 aliphatic heterocycles. The van der Waals surface area contributed by atoms with Gasteiger partial charge in [0.05, 0.1) is 12.6 Å². The first-order valence-corrected chi connectivity index (χ1v) is 8.21. The number of amides is 2. The largest absolute Gasteiger partial charge is 0.383 e. The fraction of sp³-hybridized carbons (Fsp3) is 0.312. The molecule has 3 N–H and O–H groups in total.